The molecule has 0 fully saturated rings. The van der Waals surface area contributed by atoms with Crippen LogP contribution in [0.4, 0.5) is 5.69 Å². The summed E-state index contributed by atoms with van der Waals surface area (Å²) in [5.41, 5.74) is 1.50. The van der Waals surface area contributed by atoms with Crippen molar-refractivity contribution in [3.8, 4) is 0 Å². The Bertz CT molecular complexity index is 1350. The number of rotatable bonds is 4. The van der Waals surface area contributed by atoms with Crippen LogP contribution in [0.1, 0.15) is 22.8 Å². The minimum Gasteiger partial charge on any atom is -0.468 e. The molecule has 8 heteroatoms. The molecule has 2 atom stereocenters. The first-order valence-electron chi connectivity index (χ1n) is 10.5. The molecule has 0 saturated heterocycles. The van der Waals surface area contributed by atoms with E-state index in [1.807, 2.05) is 37.3 Å². The molecule has 0 saturated carbocycles. The second kappa shape index (κ2) is 7.74. The number of carbonyl (C=O) groups is 1. The summed E-state index contributed by atoms with van der Waals surface area (Å²) in [5.74, 6) is -0.605. The first-order chi connectivity index (χ1) is 15.9. The molecule has 5 rings (SSSR count). The van der Waals surface area contributed by atoms with E-state index in [1.165, 1.54) is 11.4 Å². The number of methoxy groups -OCH3 is 1. The van der Waals surface area contributed by atoms with Crippen molar-refractivity contribution in [2.24, 2.45) is 10.6 Å². The summed E-state index contributed by atoms with van der Waals surface area (Å²) in [6.07, 6.45) is -0.842. The number of hydrogen-bond acceptors (Lipinski definition) is 6. The number of anilines is 1. The highest BCUT2D eigenvalue weighted by Crippen LogP contribution is 2.52. The number of oxime groups is 1. The molecule has 0 N–H and O–H groups in total. The molecule has 0 aliphatic carbocycles. The van der Waals surface area contributed by atoms with E-state index in [9.17, 15) is 13.2 Å². The quantitative estimate of drug-likeness (QED) is 0.550. The van der Waals surface area contributed by atoms with Gasteiger partial charge in [0.15, 0.2) is 11.5 Å². The molecule has 2 aliphatic heterocycles. The largest absolute Gasteiger partial charge is 0.468 e. The third-order valence-corrected chi connectivity index (χ3v) is 7.98. The summed E-state index contributed by atoms with van der Waals surface area (Å²) in [4.78, 5) is 19.4. The van der Waals surface area contributed by atoms with Crippen LogP contribution >= 0.6 is 0 Å². The van der Waals surface area contributed by atoms with Crippen LogP contribution in [0.5, 0.6) is 0 Å². The van der Waals surface area contributed by atoms with Gasteiger partial charge in [0.25, 0.3) is 10.0 Å². The molecular formula is C25H22N2O5S. The van der Waals surface area contributed by atoms with Gasteiger partial charge in [0.1, 0.15) is 5.71 Å². The zero-order valence-electron chi connectivity index (χ0n) is 18.1. The van der Waals surface area contributed by atoms with Gasteiger partial charge in [-0.15, -0.1) is 0 Å². The lowest BCUT2D eigenvalue weighted by molar-refractivity contribution is -0.153. The Morgan fingerprint density at radius 2 is 1.70 bits per heavy atom. The fraction of sp³-hybridized carbons (Fsp3) is 0.200. The fourth-order valence-electron chi connectivity index (χ4n) is 4.53. The molecule has 0 spiro atoms. The van der Waals surface area contributed by atoms with Gasteiger partial charge in [0, 0.05) is 5.56 Å². The standard InChI is InChI=1S/C25H22N2O5S/c1-17-12-14-19(15-13-17)33(29,30)27-16-25(24(28)31-2)22(20-10-6-7-11-21(20)27)26-32-23(25)18-8-4-3-5-9-18/h3-15,23H,16H2,1-2H3/t23-,25+/m1/s1. The van der Waals surface area contributed by atoms with Gasteiger partial charge in [-0.05, 0) is 30.7 Å². The lowest BCUT2D eigenvalue weighted by Crippen LogP contribution is -2.56. The van der Waals surface area contributed by atoms with E-state index < -0.39 is 27.5 Å². The van der Waals surface area contributed by atoms with Crippen LogP contribution in [0.3, 0.4) is 0 Å². The van der Waals surface area contributed by atoms with E-state index in [0.717, 1.165) is 5.56 Å². The van der Waals surface area contributed by atoms with Gasteiger partial charge in [-0.3, -0.25) is 9.10 Å². The Kier molecular flexibility index (Phi) is 4.97. The molecule has 3 aromatic rings. The number of fused-ring (bicyclic) bond motifs is 3. The van der Waals surface area contributed by atoms with Crippen molar-refractivity contribution in [1.82, 2.24) is 0 Å². The third kappa shape index (κ3) is 3.13. The molecule has 0 radical (unpaired) electrons. The zero-order valence-corrected chi connectivity index (χ0v) is 19.0. The number of nitrogens with zero attached hydrogens (tertiary/aromatic N) is 2. The summed E-state index contributed by atoms with van der Waals surface area (Å²) >= 11 is 0. The summed E-state index contributed by atoms with van der Waals surface area (Å²) in [5, 5.41) is 4.29. The van der Waals surface area contributed by atoms with Crippen molar-refractivity contribution in [1.29, 1.82) is 0 Å². The zero-order chi connectivity index (χ0) is 23.2. The Hall–Kier alpha value is -3.65. The molecule has 0 bridgehead atoms. The SMILES string of the molecule is COC(=O)[C@@]12CN(S(=O)(=O)c3ccc(C)cc3)c3ccccc3C1=NO[C@@H]2c1ccccc1. The molecule has 0 aromatic heterocycles. The third-order valence-electron chi connectivity index (χ3n) is 6.20. The normalized spacial score (nSPS) is 21.5. The van der Waals surface area contributed by atoms with Crippen molar-refractivity contribution in [2.75, 3.05) is 18.0 Å². The van der Waals surface area contributed by atoms with E-state index in [0.29, 0.717) is 22.5 Å². The van der Waals surface area contributed by atoms with Crippen LogP contribution < -0.4 is 4.31 Å². The van der Waals surface area contributed by atoms with Crippen molar-refractivity contribution < 1.29 is 22.8 Å². The predicted octanol–water partition coefficient (Wildman–Crippen LogP) is 3.84. The first kappa shape index (κ1) is 21.2. The van der Waals surface area contributed by atoms with Gasteiger partial charge in [-0.1, -0.05) is 71.4 Å². The maximum Gasteiger partial charge on any atom is 0.324 e. The highest BCUT2D eigenvalue weighted by Gasteiger charge is 2.62. The molecule has 33 heavy (non-hydrogen) atoms. The lowest BCUT2D eigenvalue weighted by atomic mass is 9.71. The summed E-state index contributed by atoms with van der Waals surface area (Å²) in [6, 6.07) is 22.8. The fourth-order valence-corrected chi connectivity index (χ4v) is 6.05. The number of carbonyl (C=O) groups excluding carboxylic acids is 1. The van der Waals surface area contributed by atoms with Gasteiger partial charge < -0.3 is 9.57 Å². The highest BCUT2D eigenvalue weighted by atomic mass is 32.2. The van der Waals surface area contributed by atoms with Gasteiger partial charge >= 0.3 is 5.97 Å². The number of hydrogen-bond donors (Lipinski definition) is 0. The van der Waals surface area contributed by atoms with Crippen LogP contribution in [0, 0.1) is 12.3 Å². The van der Waals surface area contributed by atoms with Crippen LogP contribution in [-0.2, 0) is 24.4 Å². The molecule has 2 heterocycles. The summed E-state index contributed by atoms with van der Waals surface area (Å²) < 4.78 is 34.2. The van der Waals surface area contributed by atoms with E-state index in [1.54, 1.807) is 48.5 Å². The first-order valence-corrected chi connectivity index (χ1v) is 11.9. The number of benzene rings is 3. The van der Waals surface area contributed by atoms with Crippen molar-refractivity contribution >= 4 is 27.4 Å². The van der Waals surface area contributed by atoms with Gasteiger partial charge in [0.05, 0.1) is 24.2 Å². The maximum atomic E-state index is 13.8. The Balaban J connectivity index is 1.74. The van der Waals surface area contributed by atoms with E-state index in [2.05, 4.69) is 5.16 Å². The van der Waals surface area contributed by atoms with Crippen LogP contribution in [0.15, 0.2) is 88.9 Å². The summed E-state index contributed by atoms with van der Waals surface area (Å²) in [7, 11) is -2.72. The van der Waals surface area contributed by atoms with Gasteiger partial charge in [-0.25, -0.2) is 8.42 Å². The van der Waals surface area contributed by atoms with Gasteiger partial charge in [0.2, 0.25) is 0 Å². The van der Waals surface area contributed by atoms with Crippen LogP contribution in [0.2, 0.25) is 0 Å². The highest BCUT2D eigenvalue weighted by molar-refractivity contribution is 7.92. The van der Waals surface area contributed by atoms with E-state index in [-0.39, 0.29) is 11.4 Å². The monoisotopic (exact) mass is 462 g/mol. The van der Waals surface area contributed by atoms with E-state index in [4.69, 9.17) is 9.57 Å². The summed E-state index contributed by atoms with van der Waals surface area (Å²) in [6.45, 7) is 1.69. The van der Waals surface area contributed by atoms with Crippen LogP contribution in [0.25, 0.3) is 0 Å². The van der Waals surface area contributed by atoms with Crippen molar-refractivity contribution in [3.63, 3.8) is 0 Å². The second-order valence-electron chi connectivity index (χ2n) is 8.14. The average molecular weight is 463 g/mol. The molecule has 7 nitrogen and oxygen atoms in total. The average Bonchev–Trinajstić information content (AvgIpc) is 3.24. The molecule has 3 aromatic carbocycles. The Labute approximate surface area is 192 Å². The molecule has 0 amide bonds. The molecule has 2 aliphatic rings. The molecule has 168 valence electrons. The number of ether oxygens (including phenoxy) is 1. The van der Waals surface area contributed by atoms with Crippen molar-refractivity contribution in [2.45, 2.75) is 17.9 Å². The minimum absolute atomic E-state index is 0.137. The second-order valence-corrected chi connectivity index (χ2v) is 10.0. The Morgan fingerprint density at radius 3 is 2.39 bits per heavy atom. The minimum atomic E-state index is -4.00. The maximum absolute atomic E-state index is 13.8. The van der Waals surface area contributed by atoms with Gasteiger partial charge in [-0.2, -0.15) is 0 Å². The van der Waals surface area contributed by atoms with Crippen LogP contribution in [-0.4, -0.2) is 33.8 Å². The molecular weight excluding hydrogens is 440 g/mol. The number of sulfonamides is 1. The number of para-hydroxylation sites is 1. The Morgan fingerprint density at radius 1 is 1.03 bits per heavy atom. The molecule has 0 unspecified atom stereocenters. The number of esters is 1. The topological polar surface area (TPSA) is 85.3 Å². The lowest BCUT2D eigenvalue weighted by Gasteiger charge is -2.41. The smallest absolute Gasteiger partial charge is 0.324 e. The van der Waals surface area contributed by atoms with E-state index >= 15 is 0 Å². The predicted molar refractivity (Wildman–Crippen MR) is 123 cm³/mol. The number of aryl methyl sites for hydroxylation is 1. The van der Waals surface area contributed by atoms with Crippen molar-refractivity contribution in [3.05, 3.63) is 95.6 Å².